The lowest BCUT2D eigenvalue weighted by atomic mass is 10.1. The summed E-state index contributed by atoms with van der Waals surface area (Å²) in [4.78, 5) is 6.46. The number of anilines is 1. The van der Waals surface area contributed by atoms with Crippen LogP contribution in [0.1, 0.15) is 11.1 Å². The molecule has 0 aliphatic carbocycles. The van der Waals surface area contributed by atoms with Gasteiger partial charge in [-0.1, -0.05) is 36.0 Å². The van der Waals surface area contributed by atoms with Gasteiger partial charge in [0.2, 0.25) is 0 Å². The Balaban J connectivity index is 1.24. The molecule has 1 aliphatic heterocycles. The molecule has 0 spiro atoms. The van der Waals surface area contributed by atoms with Gasteiger partial charge in [-0.05, 0) is 60.5 Å². The van der Waals surface area contributed by atoms with Crippen LogP contribution in [0.2, 0.25) is 0 Å². The van der Waals surface area contributed by atoms with Crippen LogP contribution < -0.4 is 14.4 Å². The van der Waals surface area contributed by atoms with Gasteiger partial charge in [-0.15, -0.1) is 23.4 Å². The number of nitrogens with zero attached hydrogens (tertiary/aromatic N) is 6. The molecular formula is C27H23F3N6O2S. The Bertz CT molecular complexity index is 1500. The van der Waals surface area contributed by atoms with E-state index >= 15 is 0 Å². The molecule has 1 aromatic heterocycles. The molecule has 8 nitrogen and oxygen atoms in total. The summed E-state index contributed by atoms with van der Waals surface area (Å²) < 4.78 is 47.8. The van der Waals surface area contributed by atoms with Crippen molar-refractivity contribution in [1.82, 2.24) is 14.8 Å². The molecule has 200 valence electrons. The first-order valence-electron chi connectivity index (χ1n) is 11.8. The van der Waals surface area contributed by atoms with Gasteiger partial charge in [0.25, 0.3) is 0 Å². The van der Waals surface area contributed by atoms with E-state index in [2.05, 4.69) is 29.9 Å². The number of amidine groups is 1. The highest BCUT2D eigenvalue weighted by Gasteiger charge is 2.31. The third-order valence-electron chi connectivity index (χ3n) is 5.82. The third kappa shape index (κ3) is 6.40. The molecule has 1 fully saturated rings. The first-order valence-corrected chi connectivity index (χ1v) is 12.8. The van der Waals surface area contributed by atoms with Crippen LogP contribution in [-0.4, -0.2) is 51.9 Å². The van der Waals surface area contributed by atoms with E-state index in [-0.39, 0.29) is 5.75 Å². The van der Waals surface area contributed by atoms with Crippen LogP contribution in [0.4, 0.5) is 18.9 Å². The topological polar surface area (TPSA) is 77.1 Å². The minimum absolute atomic E-state index is 0.302. The van der Waals surface area contributed by atoms with E-state index in [4.69, 9.17) is 4.74 Å². The Labute approximate surface area is 226 Å². The molecular weight excluding hydrogens is 529 g/mol. The van der Waals surface area contributed by atoms with Crippen molar-refractivity contribution in [3.05, 3.63) is 84.2 Å². The van der Waals surface area contributed by atoms with E-state index in [0.717, 1.165) is 45.6 Å². The fourth-order valence-electron chi connectivity index (χ4n) is 3.95. The minimum Gasteiger partial charge on any atom is -0.497 e. The summed E-state index contributed by atoms with van der Waals surface area (Å²) in [6.45, 7) is 2.90. The Morgan fingerprint density at radius 3 is 2.44 bits per heavy atom. The molecule has 0 unspecified atom stereocenters. The second-order valence-corrected chi connectivity index (χ2v) is 9.52. The van der Waals surface area contributed by atoms with Crippen LogP contribution in [0.25, 0.3) is 17.1 Å². The number of benzene rings is 3. The molecule has 0 radical (unpaired) electrons. The van der Waals surface area contributed by atoms with E-state index < -0.39 is 6.36 Å². The molecule has 0 atom stereocenters. The summed E-state index contributed by atoms with van der Waals surface area (Å²) in [6, 6.07) is 18.9. The Morgan fingerprint density at radius 1 is 1.00 bits per heavy atom. The second kappa shape index (κ2) is 11.2. The minimum atomic E-state index is -4.74. The van der Waals surface area contributed by atoms with Gasteiger partial charge in [-0.2, -0.15) is 5.10 Å². The second-order valence-electron chi connectivity index (χ2n) is 8.46. The molecule has 4 aromatic rings. The molecule has 3 aromatic carbocycles. The van der Waals surface area contributed by atoms with Crippen molar-refractivity contribution in [1.29, 1.82) is 0 Å². The molecule has 39 heavy (non-hydrogen) atoms. The number of methoxy groups -OCH3 is 1. The molecule has 1 saturated heterocycles. The average Bonchev–Trinajstić information content (AvgIpc) is 3.59. The SMILES string of the molecule is COc1ccc(N2CCSC2=NN=Cc2ccc(-c3ncn(-c4ccc(OC(F)(F)F)cc4)n3)cc2)c(C)c1. The van der Waals surface area contributed by atoms with Crippen molar-refractivity contribution < 1.29 is 22.6 Å². The number of ether oxygens (including phenoxy) is 2. The van der Waals surface area contributed by atoms with E-state index in [0.29, 0.717) is 11.5 Å². The number of rotatable bonds is 7. The maximum Gasteiger partial charge on any atom is 0.573 e. The number of alkyl halides is 3. The fraction of sp³-hybridized carbons (Fsp3) is 0.185. The summed E-state index contributed by atoms with van der Waals surface area (Å²) in [5, 5.41) is 14.0. The summed E-state index contributed by atoms with van der Waals surface area (Å²) in [7, 11) is 1.65. The fourth-order valence-corrected chi connectivity index (χ4v) is 4.86. The number of halogens is 3. The van der Waals surface area contributed by atoms with Crippen molar-refractivity contribution >= 4 is 28.8 Å². The van der Waals surface area contributed by atoms with Crippen LogP contribution in [0, 0.1) is 6.92 Å². The van der Waals surface area contributed by atoms with Gasteiger partial charge >= 0.3 is 6.36 Å². The quantitative estimate of drug-likeness (QED) is 0.204. The van der Waals surface area contributed by atoms with Crippen LogP contribution in [-0.2, 0) is 0 Å². The predicted molar refractivity (Wildman–Crippen MR) is 146 cm³/mol. The molecule has 12 heteroatoms. The molecule has 0 N–H and O–H groups in total. The number of aryl methyl sites for hydroxylation is 1. The highest BCUT2D eigenvalue weighted by Crippen LogP contribution is 2.31. The van der Waals surface area contributed by atoms with Gasteiger partial charge in [0.15, 0.2) is 11.0 Å². The maximum atomic E-state index is 12.4. The normalized spacial score (nSPS) is 14.9. The first-order chi connectivity index (χ1) is 18.8. The monoisotopic (exact) mass is 552 g/mol. The van der Waals surface area contributed by atoms with E-state index in [9.17, 15) is 13.2 Å². The Morgan fingerprint density at radius 2 is 1.74 bits per heavy atom. The van der Waals surface area contributed by atoms with Gasteiger partial charge in [-0.3, -0.25) is 0 Å². The highest BCUT2D eigenvalue weighted by atomic mass is 32.2. The van der Waals surface area contributed by atoms with Gasteiger partial charge < -0.3 is 14.4 Å². The zero-order valence-corrected chi connectivity index (χ0v) is 21.8. The van der Waals surface area contributed by atoms with Crippen molar-refractivity contribution in [2.75, 3.05) is 24.3 Å². The lowest BCUT2D eigenvalue weighted by molar-refractivity contribution is -0.274. The van der Waals surface area contributed by atoms with E-state index in [1.54, 1.807) is 25.1 Å². The lowest BCUT2D eigenvalue weighted by Gasteiger charge is -2.20. The van der Waals surface area contributed by atoms with Gasteiger partial charge in [0.05, 0.1) is 19.0 Å². The van der Waals surface area contributed by atoms with Crippen LogP contribution in [0.3, 0.4) is 0 Å². The summed E-state index contributed by atoms with van der Waals surface area (Å²) in [6.07, 6.45) is -1.56. The van der Waals surface area contributed by atoms with Crippen molar-refractivity contribution in [3.8, 4) is 28.6 Å². The van der Waals surface area contributed by atoms with Crippen LogP contribution in [0.5, 0.6) is 11.5 Å². The van der Waals surface area contributed by atoms with Crippen molar-refractivity contribution in [3.63, 3.8) is 0 Å². The number of aromatic nitrogens is 3. The third-order valence-corrected chi connectivity index (χ3v) is 6.76. The summed E-state index contributed by atoms with van der Waals surface area (Å²) >= 11 is 1.66. The summed E-state index contributed by atoms with van der Waals surface area (Å²) in [5.41, 5.74) is 4.37. The number of thioether (sulfide) groups is 1. The number of hydrogen-bond acceptors (Lipinski definition) is 7. The maximum absolute atomic E-state index is 12.4. The smallest absolute Gasteiger partial charge is 0.497 e. The standard InChI is InChI=1S/C27H23F3N6O2S/c1-18-15-23(37-2)11-12-24(18)35-13-14-39-26(35)33-32-16-19-3-5-20(6-4-19)25-31-17-36(34-25)21-7-9-22(10-8-21)38-27(28,29)30/h3-12,15-17H,13-14H2,1-2H3. The van der Waals surface area contributed by atoms with E-state index in [1.165, 1.54) is 35.3 Å². The van der Waals surface area contributed by atoms with Gasteiger partial charge in [-0.25, -0.2) is 9.67 Å². The van der Waals surface area contributed by atoms with Gasteiger partial charge in [0.1, 0.15) is 17.8 Å². The Hall–Kier alpha value is -4.32. The molecule has 1 aliphatic rings. The lowest BCUT2D eigenvalue weighted by Crippen LogP contribution is -2.24. The zero-order chi connectivity index (χ0) is 27.4. The zero-order valence-electron chi connectivity index (χ0n) is 21.0. The van der Waals surface area contributed by atoms with Gasteiger partial charge in [0, 0.05) is 23.5 Å². The van der Waals surface area contributed by atoms with E-state index in [1.807, 2.05) is 49.4 Å². The van der Waals surface area contributed by atoms with Crippen molar-refractivity contribution in [2.24, 2.45) is 10.2 Å². The summed E-state index contributed by atoms with van der Waals surface area (Å²) in [5.74, 6) is 1.92. The molecule has 5 rings (SSSR count). The predicted octanol–water partition coefficient (Wildman–Crippen LogP) is 6.09. The van der Waals surface area contributed by atoms with Crippen LogP contribution >= 0.6 is 11.8 Å². The average molecular weight is 553 g/mol. The van der Waals surface area contributed by atoms with Crippen molar-refractivity contribution in [2.45, 2.75) is 13.3 Å². The highest BCUT2D eigenvalue weighted by molar-refractivity contribution is 8.14. The molecule has 0 amide bonds. The van der Waals surface area contributed by atoms with Crippen LogP contribution in [0.15, 0.2) is 83.3 Å². The first kappa shape index (κ1) is 26.3. The largest absolute Gasteiger partial charge is 0.573 e. The molecule has 0 bridgehead atoms. The molecule has 2 heterocycles. The Kier molecular flexibility index (Phi) is 7.55. The number of hydrogen-bond donors (Lipinski definition) is 0. The molecule has 0 saturated carbocycles.